The molecule has 144 valence electrons. The fraction of sp³-hybridized carbons (Fsp3) is 0.235. The zero-order valence-corrected chi connectivity index (χ0v) is 16.3. The Morgan fingerprint density at radius 3 is 2.89 bits per heavy atom. The van der Waals surface area contributed by atoms with Crippen LogP contribution in [-0.4, -0.2) is 34.8 Å². The molecule has 0 saturated carbocycles. The van der Waals surface area contributed by atoms with Crippen LogP contribution < -0.4 is 24.2 Å². The quantitative estimate of drug-likeness (QED) is 0.680. The van der Waals surface area contributed by atoms with E-state index >= 15 is 0 Å². The minimum absolute atomic E-state index is 0.00764. The first-order valence-corrected chi connectivity index (χ1v) is 10.4. The van der Waals surface area contributed by atoms with Crippen LogP contribution in [-0.2, 0) is 14.8 Å². The summed E-state index contributed by atoms with van der Waals surface area (Å²) in [6.07, 6.45) is 2.77. The van der Waals surface area contributed by atoms with Crippen molar-refractivity contribution in [1.29, 1.82) is 0 Å². The smallest absolute Gasteiger partial charge is 0.271 e. The molecule has 1 aliphatic rings. The first-order chi connectivity index (χ1) is 13.0. The van der Waals surface area contributed by atoms with Crippen LogP contribution in [0.4, 0.5) is 5.69 Å². The standard InChI is InChI=1S/C17H18N2O6S2/c1-3-18-14(20)7-6-11-12(19-27(21,22)15-5-4-8-26-15)9-13-17(16(11)23-2)25-10-24-13/h4-9,19H,3,10H2,1-2H3,(H,18,20)/b7-6+. The minimum atomic E-state index is -3.80. The lowest BCUT2D eigenvalue weighted by atomic mass is 10.1. The number of benzene rings is 1. The lowest BCUT2D eigenvalue weighted by molar-refractivity contribution is -0.116. The lowest BCUT2D eigenvalue weighted by Gasteiger charge is -2.15. The van der Waals surface area contributed by atoms with E-state index in [1.165, 1.54) is 31.4 Å². The highest BCUT2D eigenvalue weighted by Gasteiger charge is 2.27. The zero-order chi connectivity index (χ0) is 19.4. The van der Waals surface area contributed by atoms with Crippen LogP contribution in [0.1, 0.15) is 12.5 Å². The zero-order valence-electron chi connectivity index (χ0n) is 14.6. The molecule has 2 aromatic rings. The normalized spacial score (nSPS) is 13.0. The highest BCUT2D eigenvalue weighted by atomic mass is 32.2. The number of thiophene rings is 1. The number of sulfonamides is 1. The highest BCUT2D eigenvalue weighted by molar-refractivity contribution is 7.94. The molecule has 1 aliphatic heterocycles. The van der Waals surface area contributed by atoms with Gasteiger partial charge in [0.1, 0.15) is 4.21 Å². The number of methoxy groups -OCH3 is 1. The lowest BCUT2D eigenvalue weighted by Crippen LogP contribution is -2.19. The van der Waals surface area contributed by atoms with Crippen LogP contribution in [0.2, 0.25) is 0 Å². The number of likely N-dealkylation sites (N-methyl/N-ethyl adjacent to an activating group) is 1. The second-order valence-corrected chi connectivity index (χ2v) is 8.23. The number of anilines is 1. The van der Waals surface area contributed by atoms with Crippen molar-refractivity contribution >= 4 is 39.0 Å². The molecule has 1 aromatic heterocycles. The van der Waals surface area contributed by atoms with Crippen molar-refractivity contribution in [2.75, 3.05) is 25.2 Å². The van der Waals surface area contributed by atoms with Gasteiger partial charge in [0, 0.05) is 24.3 Å². The molecule has 1 aromatic carbocycles. The Hall–Kier alpha value is -2.72. The second-order valence-electron chi connectivity index (χ2n) is 5.37. The van der Waals surface area contributed by atoms with Crippen LogP contribution in [0.15, 0.2) is 33.9 Å². The molecule has 0 spiro atoms. The molecular weight excluding hydrogens is 392 g/mol. The van der Waals surface area contributed by atoms with E-state index in [0.717, 1.165) is 11.3 Å². The van der Waals surface area contributed by atoms with Crippen LogP contribution in [0.25, 0.3) is 6.08 Å². The SMILES string of the molecule is CCNC(=O)/C=C/c1c(NS(=O)(=O)c2cccs2)cc2c(c1OC)OCO2. The summed E-state index contributed by atoms with van der Waals surface area (Å²) in [5.74, 6) is 0.664. The molecule has 2 heterocycles. The van der Waals surface area contributed by atoms with Crippen molar-refractivity contribution in [3.63, 3.8) is 0 Å². The maximum absolute atomic E-state index is 12.6. The van der Waals surface area contributed by atoms with Gasteiger partial charge in [-0.25, -0.2) is 8.42 Å². The average molecular weight is 410 g/mol. The van der Waals surface area contributed by atoms with Gasteiger partial charge in [-0.1, -0.05) is 6.07 Å². The molecule has 0 fully saturated rings. The molecule has 0 bridgehead atoms. The predicted molar refractivity (Wildman–Crippen MR) is 102 cm³/mol. The summed E-state index contributed by atoms with van der Waals surface area (Å²) < 4.78 is 44.2. The van der Waals surface area contributed by atoms with E-state index in [-0.39, 0.29) is 28.3 Å². The number of amides is 1. The summed E-state index contributed by atoms with van der Waals surface area (Å²) >= 11 is 1.10. The minimum Gasteiger partial charge on any atom is -0.492 e. The molecular formula is C17H18N2O6S2. The summed E-state index contributed by atoms with van der Waals surface area (Å²) in [4.78, 5) is 11.8. The number of hydrogen-bond donors (Lipinski definition) is 2. The fourth-order valence-corrected chi connectivity index (χ4v) is 4.55. The molecule has 1 amide bonds. The third-order valence-electron chi connectivity index (χ3n) is 3.62. The van der Waals surface area contributed by atoms with E-state index in [1.54, 1.807) is 18.4 Å². The molecule has 3 rings (SSSR count). The maximum atomic E-state index is 12.6. The number of nitrogens with one attached hydrogen (secondary N) is 2. The van der Waals surface area contributed by atoms with Gasteiger partial charge in [0.2, 0.25) is 18.4 Å². The molecule has 0 saturated heterocycles. The van der Waals surface area contributed by atoms with E-state index in [9.17, 15) is 13.2 Å². The monoisotopic (exact) mass is 410 g/mol. The summed E-state index contributed by atoms with van der Waals surface area (Å²) in [5.41, 5.74) is 0.568. The van der Waals surface area contributed by atoms with Crippen LogP contribution in [0, 0.1) is 0 Å². The van der Waals surface area contributed by atoms with Gasteiger partial charge in [0.05, 0.1) is 12.8 Å². The molecule has 0 atom stereocenters. The number of fused-ring (bicyclic) bond motifs is 1. The van der Waals surface area contributed by atoms with Gasteiger partial charge < -0.3 is 19.5 Å². The van der Waals surface area contributed by atoms with Crippen LogP contribution in [0.5, 0.6) is 17.2 Å². The summed E-state index contributed by atoms with van der Waals surface area (Å²) in [5, 5.41) is 4.31. The molecule has 8 nitrogen and oxygen atoms in total. The molecule has 2 N–H and O–H groups in total. The highest BCUT2D eigenvalue weighted by Crippen LogP contribution is 2.47. The summed E-state index contributed by atoms with van der Waals surface area (Å²) in [6, 6.07) is 4.66. The van der Waals surface area contributed by atoms with Gasteiger partial charge in [-0.15, -0.1) is 11.3 Å². The van der Waals surface area contributed by atoms with Crippen molar-refractivity contribution in [2.24, 2.45) is 0 Å². The largest absolute Gasteiger partial charge is 0.492 e. The number of ether oxygens (including phenoxy) is 3. The van der Waals surface area contributed by atoms with E-state index in [1.807, 2.05) is 0 Å². The number of rotatable bonds is 7. The maximum Gasteiger partial charge on any atom is 0.271 e. The predicted octanol–water partition coefficient (Wildman–Crippen LogP) is 2.44. The fourth-order valence-electron chi connectivity index (χ4n) is 2.48. The molecule has 27 heavy (non-hydrogen) atoms. The third kappa shape index (κ3) is 4.01. The Morgan fingerprint density at radius 2 is 2.22 bits per heavy atom. The van der Waals surface area contributed by atoms with Crippen molar-refractivity contribution in [1.82, 2.24) is 5.32 Å². The Bertz CT molecular complexity index is 968. The van der Waals surface area contributed by atoms with Gasteiger partial charge in [-0.3, -0.25) is 9.52 Å². The number of carbonyl (C=O) groups is 1. The van der Waals surface area contributed by atoms with Gasteiger partial charge in [0.15, 0.2) is 11.5 Å². The average Bonchev–Trinajstić information content (AvgIpc) is 3.31. The van der Waals surface area contributed by atoms with Gasteiger partial charge in [0.25, 0.3) is 10.0 Å². The third-order valence-corrected chi connectivity index (χ3v) is 6.38. The number of carbonyl (C=O) groups excluding carboxylic acids is 1. The van der Waals surface area contributed by atoms with Crippen molar-refractivity contribution in [3.8, 4) is 17.2 Å². The van der Waals surface area contributed by atoms with E-state index < -0.39 is 10.0 Å². The Labute approximate surface area is 160 Å². The van der Waals surface area contributed by atoms with Gasteiger partial charge >= 0.3 is 0 Å². The van der Waals surface area contributed by atoms with Crippen molar-refractivity contribution in [3.05, 3.63) is 35.2 Å². The first-order valence-electron chi connectivity index (χ1n) is 7.99. The molecule has 0 radical (unpaired) electrons. The topological polar surface area (TPSA) is 103 Å². The van der Waals surface area contributed by atoms with Gasteiger partial charge in [-0.2, -0.15) is 0 Å². The van der Waals surface area contributed by atoms with E-state index in [0.29, 0.717) is 23.6 Å². The van der Waals surface area contributed by atoms with Crippen LogP contribution >= 0.6 is 11.3 Å². The number of hydrogen-bond acceptors (Lipinski definition) is 7. The molecule has 0 aliphatic carbocycles. The van der Waals surface area contributed by atoms with Crippen molar-refractivity contribution < 1.29 is 27.4 Å². The van der Waals surface area contributed by atoms with Crippen LogP contribution in [0.3, 0.4) is 0 Å². The van der Waals surface area contributed by atoms with E-state index in [4.69, 9.17) is 14.2 Å². The van der Waals surface area contributed by atoms with Gasteiger partial charge in [-0.05, 0) is 24.4 Å². The molecule has 0 unspecified atom stereocenters. The Balaban J connectivity index is 2.07. The second kappa shape index (κ2) is 7.89. The first kappa shape index (κ1) is 19.1. The summed E-state index contributed by atoms with van der Waals surface area (Å²) in [7, 11) is -2.37. The Morgan fingerprint density at radius 1 is 1.41 bits per heavy atom. The van der Waals surface area contributed by atoms with Crippen molar-refractivity contribution in [2.45, 2.75) is 11.1 Å². The summed E-state index contributed by atoms with van der Waals surface area (Å²) in [6.45, 7) is 2.26. The Kier molecular flexibility index (Phi) is 5.57. The molecule has 10 heteroatoms. The van der Waals surface area contributed by atoms with E-state index in [2.05, 4.69) is 10.0 Å².